The number of hydrogen-bond acceptors (Lipinski definition) is 4. The van der Waals surface area contributed by atoms with Gasteiger partial charge >= 0.3 is 5.97 Å². The number of aliphatic carboxylic acids is 1. The highest BCUT2D eigenvalue weighted by atomic mass is 35.5. The molecule has 1 aromatic carbocycles. The van der Waals surface area contributed by atoms with Crippen LogP contribution in [0, 0.1) is 5.92 Å². The Labute approximate surface area is 146 Å². The monoisotopic (exact) mass is 353 g/mol. The summed E-state index contributed by atoms with van der Waals surface area (Å²) >= 11 is 5.84. The van der Waals surface area contributed by atoms with Crippen molar-refractivity contribution in [1.29, 1.82) is 0 Å². The second-order valence-electron chi connectivity index (χ2n) is 6.31. The largest absolute Gasteiger partial charge is 0.480 e. The number of nitrogens with one attached hydrogen (secondary N) is 3. The number of hydrogen-bond donors (Lipinski definition) is 4. The fourth-order valence-electron chi connectivity index (χ4n) is 3.14. The topological polar surface area (TPSA) is 90.5 Å². The Morgan fingerprint density at radius 3 is 2.33 bits per heavy atom. The van der Waals surface area contributed by atoms with Crippen molar-refractivity contribution >= 4 is 23.5 Å². The van der Waals surface area contributed by atoms with E-state index in [2.05, 4.69) is 16.2 Å². The first-order valence-corrected chi connectivity index (χ1v) is 8.54. The van der Waals surface area contributed by atoms with Gasteiger partial charge in [-0.3, -0.25) is 15.6 Å². The lowest BCUT2D eigenvalue weighted by Gasteiger charge is -2.26. The summed E-state index contributed by atoms with van der Waals surface area (Å²) in [6, 6.07) is 6.53. The average molecular weight is 354 g/mol. The maximum Gasteiger partial charge on any atom is 0.326 e. The molecule has 3 atom stereocenters. The molecule has 0 radical (unpaired) electrons. The van der Waals surface area contributed by atoms with Gasteiger partial charge in [0.1, 0.15) is 6.04 Å². The molecule has 6 nitrogen and oxygen atoms in total. The number of rotatable bonds is 7. The van der Waals surface area contributed by atoms with Crippen LogP contribution in [0.2, 0.25) is 5.02 Å². The third kappa shape index (κ3) is 4.93. The number of amides is 1. The Bertz CT molecular complexity index is 569. The number of carboxylic acid groups (broad SMARTS) is 1. The standard InChI is InChI=1S/C17H24ClN3O3/c1-10-15(11(2)21-20-10)16(17(23)24)19-14(22)5-3-4-12-6-8-13(18)9-7-12/h6-11,15-16,20-21H,3-5H2,1-2H3,(H,19,22)(H,23,24). The number of halogens is 1. The summed E-state index contributed by atoms with van der Waals surface area (Å²) in [5, 5.41) is 12.8. The van der Waals surface area contributed by atoms with Crippen LogP contribution in [0.3, 0.4) is 0 Å². The molecule has 1 fully saturated rings. The first kappa shape index (κ1) is 18.7. The van der Waals surface area contributed by atoms with Gasteiger partial charge in [0.05, 0.1) is 0 Å². The van der Waals surface area contributed by atoms with Gasteiger partial charge in [-0.05, 0) is 44.4 Å². The molecule has 1 aromatic rings. The van der Waals surface area contributed by atoms with E-state index in [0.717, 1.165) is 12.0 Å². The minimum absolute atomic E-state index is 0.0320. The number of carboxylic acids is 1. The van der Waals surface area contributed by atoms with Crippen molar-refractivity contribution in [2.45, 2.75) is 51.2 Å². The Morgan fingerprint density at radius 2 is 1.79 bits per heavy atom. The van der Waals surface area contributed by atoms with E-state index in [1.807, 2.05) is 38.1 Å². The summed E-state index contributed by atoms with van der Waals surface area (Å²) in [5.74, 6) is -1.44. The Hall–Kier alpha value is -1.63. The van der Waals surface area contributed by atoms with Gasteiger partial charge in [0.25, 0.3) is 0 Å². The molecule has 1 aliphatic rings. The summed E-state index contributed by atoms with van der Waals surface area (Å²) in [5.41, 5.74) is 7.15. The molecular formula is C17H24ClN3O3. The molecule has 0 spiro atoms. The SMILES string of the molecule is CC1NNC(C)C1C(NC(=O)CCCc1ccc(Cl)cc1)C(=O)O. The predicted octanol–water partition coefficient (Wildman–Crippen LogP) is 1.73. The summed E-state index contributed by atoms with van der Waals surface area (Å²) < 4.78 is 0. The third-order valence-corrected chi connectivity index (χ3v) is 4.70. The molecule has 24 heavy (non-hydrogen) atoms. The quantitative estimate of drug-likeness (QED) is 0.599. The molecule has 4 N–H and O–H groups in total. The Balaban J connectivity index is 1.84. The molecule has 1 saturated heterocycles. The van der Waals surface area contributed by atoms with Crippen molar-refractivity contribution < 1.29 is 14.7 Å². The van der Waals surface area contributed by atoms with Crippen LogP contribution in [0.25, 0.3) is 0 Å². The van der Waals surface area contributed by atoms with Crippen molar-refractivity contribution in [3.63, 3.8) is 0 Å². The zero-order valence-electron chi connectivity index (χ0n) is 13.9. The maximum absolute atomic E-state index is 12.1. The molecule has 0 aliphatic carbocycles. The summed E-state index contributed by atoms with van der Waals surface area (Å²) in [6.07, 6.45) is 1.70. The van der Waals surface area contributed by atoms with E-state index in [4.69, 9.17) is 11.6 Å². The zero-order chi connectivity index (χ0) is 17.7. The molecule has 0 aromatic heterocycles. The van der Waals surface area contributed by atoms with Gasteiger partial charge in [0.2, 0.25) is 5.91 Å². The van der Waals surface area contributed by atoms with Crippen LogP contribution in [0.5, 0.6) is 0 Å². The minimum atomic E-state index is -1.00. The number of hydrazine groups is 1. The molecule has 0 saturated carbocycles. The Kier molecular flexibility index (Phi) is 6.60. The third-order valence-electron chi connectivity index (χ3n) is 4.44. The summed E-state index contributed by atoms with van der Waals surface area (Å²) in [7, 11) is 0. The lowest BCUT2D eigenvalue weighted by molar-refractivity contribution is -0.143. The van der Waals surface area contributed by atoms with Gasteiger partial charge in [-0.1, -0.05) is 23.7 Å². The predicted molar refractivity (Wildman–Crippen MR) is 92.6 cm³/mol. The molecule has 7 heteroatoms. The van der Waals surface area contributed by atoms with Crippen molar-refractivity contribution in [1.82, 2.24) is 16.2 Å². The second-order valence-corrected chi connectivity index (χ2v) is 6.74. The lowest BCUT2D eigenvalue weighted by Crippen LogP contribution is -2.51. The molecule has 1 heterocycles. The second kappa shape index (κ2) is 8.46. The molecule has 1 amide bonds. The lowest BCUT2D eigenvalue weighted by atomic mass is 9.88. The normalized spacial score (nSPS) is 24.5. The number of carbonyl (C=O) groups is 2. The van der Waals surface area contributed by atoms with E-state index in [9.17, 15) is 14.7 Å². The molecular weight excluding hydrogens is 330 g/mol. The molecule has 0 bridgehead atoms. The van der Waals surface area contributed by atoms with Gasteiger partial charge in [-0.2, -0.15) is 0 Å². The van der Waals surface area contributed by atoms with Gasteiger partial charge in [0, 0.05) is 29.4 Å². The summed E-state index contributed by atoms with van der Waals surface area (Å²) in [6.45, 7) is 3.81. The number of benzene rings is 1. The fourth-order valence-corrected chi connectivity index (χ4v) is 3.26. The van der Waals surface area contributed by atoms with Gasteiger partial charge in [0.15, 0.2) is 0 Å². The number of aryl methyl sites for hydroxylation is 1. The van der Waals surface area contributed by atoms with Crippen LogP contribution in [0.4, 0.5) is 0 Å². The smallest absolute Gasteiger partial charge is 0.326 e. The molecule has 3 unspecified atom stereocenters. The van der Waals surface area contributed by atoms with E-state index < -0.39 is 12.0 Å². The number of carbonyl (C=O) groups excluding carboxylic acids is 1. The highest BCUT2D eigenvalue weighted by Crippen LogP contribution is 2.19. The van der Waals surface area contributed by atoms with Gasteiger partial charge in [-0.15, -0.1) is 0 Å². The van der Waals surface area contributed by atoms with E-state index >= 15 is 0 Å². The van der Waals surface area contributed by atoms with Crippen LogP contribution in [-0.4, -0.2) is 35.1 Å². The average Bonchev–Trinajstić information content (AvgIpc) is 2.86. The fraction of sp³-hybridized carbons (Fsp3) is 0.529. The van der Waals surface area contributed by atoms with Crippen LogP contribution < -0.4 is 16.2 Å². The van der Waals surface area contributed by atoms with Gasteiger partial charge in [-0.25, -0.2) is 4.79 Å². The molecule has 132 valence electrons. The van der Waals surface area contributed by atoms with Crippen molar-refractivity contribution in [2.75, 3.05) is 0 Å². The Morgan fingerprint density at radius 1 is 1.21 bits per heavy atom. The first-order chi connectivity index (χ1) is 11.4. The van der Waals surface area contributed by atoms with E-state index in [-0.39, 0.29) is 23.9 Å². The highest BCUT2D eigenvalue weighted by Gasteiger charge is 2.40. The zero-order valence-corrected chi connectivity index (χ0v) is 14.6. The van der Waals surface area contributed by atoms with E-state index in [0.29, 0.717) is 17.9 Å². The van der Waals surface area contributed by atoms with Crippen LogP contribution in [0.15, 0.2) is 24.3 Å². The first-order valence-electron chi connectivity index (χ1n) is 8.16. The minimum Gasteiger partial charge on any atom is -0.480 e. The van der Waals surface area contributed by atoms with Gasteiger partial charge < -0.3 is 10.4 Å². The summed E-state index contributed by atoms with van der Waals surface area (Å²) in [4.78, 5) is 23.7. The molecule has 1 aliphatic heterocycles. The van der Waals surface area contributed by atoms with E-state index in [1.165, 1.54) is 0 Å². The van der Waals surface area contributed by atoms with Crippen molar-refractivity contribution in [3.05, 3.63) is 34.9 Å². The van der Waals surface area contributed by atoms with E-state index in [1.54, 1.807) is 0 Å². The highest BCUT2D eigenvalue weighted by molar-refractivity contribution is 6.30. The van der Waals surface area contributed by atoms with Crippen LogP contribution in [0.1, 0.15) is 32.3 Å². The van der Waals surface area contributed by atoms with Crippen molar-refractivity contribution in [3.8, 4) is 0 Å². The van der Waals surface area contributed by atoms with Crippen molar-refractivity contribution in [2.24, 2.45) is 5.92 Å². The van der Waals surface area contributed by atoms with Crippen LogP contribution in [-0.2, 0) is 16.0 Å². The van der Waals surface area contributed by atoms with Crippen LogP contribution >= 0.6 is 11.6 Å². The molecule has 2 rings (SSSR count). The maximum atomic E-state index is 12.1.